The lowest BCUT2D eigenvalue weighted by atomic mass is 10.1. The van der Waals surface area contributed by atoms with E-state index in [9.17, 15) is 4.79 Å². The summed E-state index contributed by atoms with van der Waals surface area (Å²) in [5.74, 6) is 0.693. The molecule has 0 spiro atoms. The molecule has 8 heteroatoms. The van der Waals surface area contributed by atoms with Gasteiger partial charge in [-0.05, 0) is 44.0 Å². The maximum Gasteiger partial charge on any atom is 0.341 e. The van der Waals surface area contributed by atoms with E-state index < -0.39 is 0 Å². The minimum absolute atomic E-state index is 0.334. The first-order chi connectivity index (χ1) is 12.6. The highest BCUT2D eigenvalue weighted by Gasteiger charge is 2.17. The van der Waals surface area contributed by atoms with E-state index in [4.69, 9.17) is 9.15 Å². The first-order valence-corrected chi connectivity index (χ1v) is 9.91. The lowest BCUT2D eigenvalue weighted by molar-refractivity contribution is 0.0524. The second-order valence-corrected chi connectivity index (χ2v) is 7.71. The molecule has 0 saturated heterocycles. The van der Waals surface area contributed by atoms with Crippen molar-refractivity contribution >= 4 is 39.9 Å². The molecule has 1 aromatic carbocycles. The number of thioether (sulfide) groups is 1. The average Bonchev–Trinajstić information content (AvgIpc) is 3.26. The number of anilines is 2. The number of nitrogens with zero attached hydrogens (tertiary/aromatic N) is 2. The molecular formula is C18H19N3O3S2. The van der Waals surface area contributed by atoms with Crippen molar-refractivity contribution in [3.8, 4) is 0 Å². The quantitative estimate of drug-likeness (QED) is 0.452. The monoisotopic (exact) mass is 389 g/mol. The number of carbonyl (C=O) groups excluding carboxylic acids is 1. The van der Waals surface area contributed by atoms with Gasteiger partial charge in [-0.15, -0.1) is 10.2 Å². The third-order valence-corrected chi connectivity index (χ3v) is 5.79. The van der Waals surface area contributed by atoms with Crippen molar-refractivity contribution in [1.29, 1.82) is 0 Å². The van der Waals surface area contributed by atoms with Crippen LogP contribution >= 0.6 is 23.1 Å². The zero-order chi connectivity index (χ0) is 18.5. The summed E-state index contributed by atoms with van der Waals surface area (Å²) in [5.41, 5.74) is 3.89. The van der Waals surface area contributed by atoms with Gasteiger partial charge in [0.05, 0.1) is 18.6 Å². The third kappa shape index (κ3) is 4.25. The molecule has 136 valence electrons. The Morgan fingerprint density at radius 3 is 2.96 bits per heavy atom. The summed E-state index contributed by atoms with van der Waals surface area (Å²) >= 11 is 2.93. The molecule has 2 aromatic heterocycles. The van der Waals surface area contributed by atoms with Gasteiger partial charge in [0.1, 0.15) is 11.3 Å². The van der Waals surface area contributed by atoms with Crippen LogP contribution in [0, 0.1) is 13.8 Å². The highest BCUT2D eigenvalue weighted by atomic mass is 32.2. The van der Waals surface area contributed by atoms with Crippen molar-refractivity contribution in [1.82, 2.24) is 10.2 Å². The van der Waals surface area contributed by atoms with Crippen LogP contribution < -0.4 is 5.32 Å². The summed E-state index contributed by atoms with van der Waals surface area (Å²) in [6, 6.07) is 7.73. The van der Waals surface area contributed by atoms with Crippen LogP contribution in [0.2, 0.25) is 0 Å². The van der Waals surface area contributed by atoms with E-state index in [1.165, 1.54) is 40.5 Å². The van der Waals surface area contributed by atoms with Crippen molar-refractivity contribution in [2.45, 2.75) is 30.9 Å². The van der Waals surface area contributed by atoms with Gasteiger partial charge < -0.3 is 14.5 Å². The van der Waals surface area contributed by atoms with Crippen LogP contribution in [-0.4, -0.2) is 22.8 Å². The van der Waals surface area contributed by atoms with Crippen molar-refractivity contribution in [3.05, 3.63) is 53.0 Å². The number of carbonyl (C=O) groups is 1. The molecule has 0 atom stereocenters. The number of ether oxygens (including phenoxy) is 1. The molecule has 6 nitrogen and oxygen atoms in total. The summed E-state index contributed by atoms with van der Waals surface area (Å²) in [5, 5.41) is 12.4. The van der Waals surface area contributed by atoms with Crippen LogP contribution in [0.1, 0.15) is 34.2 Å². The second-order valence-electron chi connectivity index (χ2n) is 5.51. The number of hydrogen-bond acceptors (Lipinski definition) is 8. The first kappa shape index (κ1) is 18.5. The van der Waals surface area contributed by atoms with Gasteiger partial charge in [0.25, 0.3) is 0 Å². The molecule has 0 radical (unpaired) electrons. The molecule has 26 heavy (non-hydrogen) atoms. The molecule has 0 bridgehead atoms. The molecule has 0 aliphatic rings. The third-order valence-electron chi connectivity index (χ3n) is 3.82. The molecule has 0 aliphatic heterocycles. The van der Waals surface area contributed by atoms with E-state index in [1.54, 1.807) is 13.0 Å². The SMILES string of the molecule is CCOC(=O)c1ccoc1CSc1nnc(Nc2cccc(C)c2C)s1. The molecule has 0 aliphatic carbocycles. The lowest BCUT2D eigenvalue weighted by Gasteiger charge is -2.08. The molecular weight excluding hydrogens is 370 g/mol. The van der Waals surface area contributed by atoms with Crippen LogP contribution in [-0.2, 0) is 10.5 Å². The predicted octanol–water partition coefficient (Wildman–Crippen LogP) is 4.96. The maximum absolute atomic E-state index is 11.9. The number of furan rings is 1. The van der Waals surface area contributed by atoms with Crippen LogP contribution in [0.15, 0.2) is 39.3 Å². The Balaban J connectivity index is 1.64. The van der Waals surface area contributed by atoms with E-state index in [2.05, 4.69) is 35.4 Å². The molecule has 0 saturated carbocycles. The van der Waals surface area contributed by atoms with E-state index in [-0.39, 0.29) is 5.97 Å². The number of rotatable bonds is 7. The summed E-state index contributed by atoms with van der Waals surface area (Å²) in [6.07, 6.45) is 1.50. The zero-order valence-corrected chi connectivity index (χ0v) is 16.4. The average molecular weight is 390 g/mol. The Morgan fingerprint density at radius 1 is 1.31 bits per heavy atom. The van der Waals surface area contributed by atoms with Gasteiger partial charge in [-0.1, -0.05) is 35.2 Å². The number of nitrogens with one attached hydrogen (secondary N) is 1. The lowest BCUT2D eigenvalue weighted by Crippen LogP contribution is -2.05. The topological polar surface area (TPSA) is 77.2 Å². The van der Waals surface area contributed by atoms with Gasteiger partial charge in [0, 0.05) is 5.69 Å². The van der Waals surface area contributed by atoms with Gasteiger partial charge in [-0.2, -0.15) is 0 Å². The van der Waals surface area contributed by atoms with E-state index in [0.29, 0.717) is 23.7 Å². The van der Waals surface area contributed by atoms with Gasteiger partial charge >= 0.3 is 5.97 Å². The Bertz CT molecular complexity index is 905. The molecule has 1 N–H and O–H groups in total. The number of esters is 1. The predicted molar refractivity (Wildman–Crippen MR) is 103 cm³/mol. The molecule has 0 unspecified atom stereocenters. The Labute approximate surface area is 160 Å². The summed E-state index contributed by atoms with van der Waals surface area (Å²) in [4.78, 5) is 11.9. The van der Waals surface area contributed by atoms with Gasteiger partial charge in [-0.3, -0.25) is 0 Å². The molecule has 3 aromatic rings. The number of aromatic nitrogens is 2. The van der Waals surface area contributed by atoms with Crippen LogP contribution in [0.25, 0.3) is 0 Å². The highest BCUT2D eigenvalue weighted by Crippen LogP contribution is 2.32. The van der Waals surface area contributed by atoms with Gasteiger partial charge in [-0.25, -0.2) is 4.79 Å². The fraction of sp³-hybridized carbons (Fsp3) is 0.278. The van der Waals surface area contributed by atoms with Gasteiger partial charge in [0.15, 0.2) is 4.34 Å². The minimum Gasteiger partial charge on any atom is -0.468 e. The second kappa shape index (κ2) is 8.37. The van der Waals surface area contributed by atoms with E-state index in [1.807, 2.05) is 12.1 Å². The largest absolute Gasteiger partial charge is 0.468 e. The molecule has 0 fully saturated rings. The van der Waals surface area contributed by atoms with Crippen LogP contribution in [0.5, 0.6) is 0 Å². The molecule has 2 heterocycles. The number of benzene rings is 1. The highest BCUT2D eigenvalue weighted by molar-refractivity contribution is 8.00. The zero-order valence-electron chi connectivity index (χ0n) is 14.7. The first-order valence-electron chi connectivity index (χ1n) is 8.11. The normalized spacial score (nSPS) is 10.7. The van der Waals surface area contributed by atoms with Crippen LogP contribution in [0.4, 0.5) is 10.8 Å². The number of hydrogen-bond donors (Lipinski definition) is 1. The molecule has 3 rings (SSSR count). The summed E-state index contributed by atoms with van der Waals surface area (Å²) in [6.45, 7) is 6.26. The smallest absolute Gasteiger partial charge is 0.341 e. The number of aryl methyl sites for hydroxylation is 1. The van der Waals surface area contributed by atoms with E-state index >= 15 is 0 Å². The summed E-state index contributed by atoms with van der Waals surface area (Å²) in [7, 11) is 0. The standard InChI is InChI=1S/C18H19N3O3S2/c1-4-23-16(22)13-8-9-24-15(13)10-25-18-21-20-17(26-18)19-14-7-5-6-11(2)12(14)3/h5-9H,4,10H2,1-3H3,(H,19,20). The maximum atomic E-state index is 11.9. The fourth-order valence-electron chi connectivity index (χ4n) is 2.29. The van der Waals surface area contributed by atoms with E-state index in [0.717, 1.165) is 15.2 Å². The Kier molecular flexibility index (Phi) is 5.95. The van der Waals surface area contributed by atoms with Crippen molar-refractivity contribution < 1.29 is 13.9 Å². The van der Waals surface area contributed by atoms with Crippen molar-refractivity contribution in [2.75, 3.05) is 11.9 Å². The molecule has 0 amide bonds. The Hall–Kier alpha value is -2.32. The summed E-state index contributed by atoms with van der Waals surface area (Å²) < 4.78 is 11.2. The Morgan fingerprint density at radius 2 is 2.15 bits per heavy atom. The van der Waals surface area contributed by atoms with Crippen molar-refractivity contribution in [2.24, 2.45) is 0 Å². The van der Waals surface area contributed by atoms with Crippen LogP contribution in [0.3, 0.4) is 0 Å². The van der Waals surface area contributed by atoms with Crippen molar-refractivity contribution in [3.63, 3.8) is 0 Å². The van der Waals surface area contributed by atoms with Gasteiger partial charge in [0.2, 0.25) is 5.13 Å². The fourth-order valence-corrected chi connectivity index (χ4v) is 4.01. The minimum atomic E-state index is -0.369.